The number of hydrogen-bond acceptors (Lipinski definition) is 5. The first-order valence-electron chi connectivity index (χ1n) is 7.13. The zero-order valence-corrected chi connectivity index (χ0v) is 12.8. The van der Waals surface area contributed by atoms with Crippen molar-refractivity contribution in [2.75, 3.05) is 6.61 Å². The molecular weight excluding hydrogens is 260 g/mol. The molecule has 3 rings (SSSR count). The number of hydrogen-bond donors (Lipinski definition) is 0. The Bertz CT molecular complexity index is 418. The monoisotopic (exact) mass is 284 g/mol. The lowest BCUT2D eigenvalue weighted by atomic mass is 9.78. The molecular formula is C15H24O5. The van der Waals surface area contributed by atoms with Crippen molar-refractivity contribution < 1.29 is 23.7 Å². The summed E-state index contributed by atoms with van der Waals surface area (Å²) in [7, 11) is 0. The fraction of sp³-hybridized carbons (Fsp3) is 0.867. The highest BCUT2D eigenvalue weighted by Gasteiger charge is 2.63. The molecule has 0 unspecified atom stereocenters. The van der Waals surface area contributed by atoms with Gasteiger partial charge in [-0.2, -0.15) is 0 Å². The minimum absolute atomic E-state index is 0.145. The van der Waals surface area contributed by atoms with Crippen molar-refractivity contribution in [1.29, 1.82) is 0 Å². The van der Waals surface area contributed by atoms with Crippen LogP contribution in [0.1, 0.15) is 34.6 Å². The van der Waals surface area contributed by atoms with E-state index in [0.29, 0.717) is 6.61 Å². The third-order valence-electron chi connectivity index (χ3n) is 4.37. The predicted octanol–water partition coefficient (Wildman–Crippen LogP) is 2.21. The van der Waals surface area contributed by atoms with Gasteiger partial charge < -0.3 is 23.7 Å². The first-order valence-corrected chi connectivity index (χ1v) is 7.13. The van der Waals surface area contributed by atoms with Gasteiger partial charge in [-0.3, -0.25) is 0 Å². The van der Waals surface area contributed by atoms with E-state index in [2.05, 4.69) is 13.5 Å². The van der Waals surface area contributed by atoms with Gasteiger partial charge in [-0.25, -0.2) is 0 Å². The number of ether oxygens (including phenoxy) is 5. The Balaban J connectivity index is 1.83. The molecule has 0 radical (unpaired) electrons. The van der Waals surface area contributed by atoms with Gasteiger partial charge in [-0.15, -0.1) is 6.58 Å². The molecule has 0 bridgehead atoms. The molecule has 3 aliphatic rings. The summed E-state index contributed by atoms with van der Waals surface area (Å²) in [5.74, 6) is -1.20. The van der Waals surface area contributed by atoms with E-state index in [4.69, 9.17) is 23.7 Å². The molecule has 20 heavy (non-hydrogen) atoms. The molecule has 3 aliphatic heterocycles. The van der Waals surface area contributed by atoms with Crippen LogP contribution in [0.25, 0.3) is 0 Å². The molecule has 5 nitrogen and oxygen atoms in total. The molecule has 0 saturated carbocycles. The third-order valence-corrected chi connectivity index (χ3v) is 4.37. The predicted molar refractivity (Wildman–Crippen MR) is 71.9 cm³/mol. The number of rotatable bonds is 2. The Morgan fingerprint density at radius 3 is 2.20 bits per heavy atom. The van der Waals surface area contributed by atoms with Crippen molar-refractivity contribution in [1.82, 2.24) is 0 Å². The molecule has 3 saturated heterocycles. The highest BCUT2D eigenvalue weighted by atomic mass is 16.8. The van der Waals surface area contributed by atoms with Crippen LogP contribution >= 0.6 is 0 Å². The molecule has 5 atom stereocenters. The van der Waals surface area contributed by atoms with Crippen molar-refractivity contribution in [3.05, 3.63) is 12.7 Å². The fourth-order valence-corrected chi connectivity index (χ4v) is 3.29. The van der Waals surface area contributed by atoms with Gasteiger partial charge in [0, 0.05) is 5.41 Å². The molecule has 3 fully saturated rings. The highest BCUT2D eigenvalue weighted by Crippen LogP contribution is 2.51. The Morgan fingerprint density at radius 1 is 0.950 bits per heavy atom. The van der Waals surface area contributed by atoms with E-state index in [-0.39, 0.29) is 30.0 Å². The summed E-state index contributed by atoms with van der Waals surface area (Å²) in [6, 6.07) is 0. The SMILES string of the molecule is C=C[C@]1(C)[C@@H]([C@H]2COC(C)(C)O2)O[C@@H]2OC(C)(C)O[C@@H]21. The molecule has 0 aromatic heterocycles. The van der Waals surface area contributed by atoms with Crippen LogP contribution in [0.2, 0.25) is 0 Å². The molecule has 0 aromatic rings. The van der Waals surface area contributed by atoms with E-state index >= 15 is 0 Å². The van der Waals surface area contributed by atoms with E-state index in [1.807, 2.05) is 33.8 Å². The van der Waals surface area contributed by atoms with Gasteiger partial charge in [0.25, 0.3) is 0 Å². The first kappa shape index (κ1) is 14.5. The topological polar surface area (TPSA) is 46.2 Å². The van der Waals surface area contributed by atoms with Crippen molar-refractivity contribution in [2.24, 2.45) is 5.41 Å². The second-order valence-corrected chi connectivity index (χ2v) is 6.92. The summed E-state index contributed by atoms with van der Waals surface area (Å²) in [5.41, 5.74) is -0.368. The van der Waals surface area contributed by atoms with Crippen LogP contribution in [0.4, 0.5) is 0 Å². The molecule has 0 aromatic carbocycles. The Morgan fingerprint density at radius 2 is 1.65 bits per heavy atom. The molecule has 114 valence electrons. The average Bonchev–Trinajstić information content (AvgIpc) is 2.91. The largest absolute Gasteiger partial charge is 0.348 e. The second-order valence-electron chi connectivity index (χ2n) is 6.92. The summed E-state index contributed by atoms with van der Waals surface area (Å²) in [6.45, 7) is 14.2. The van der Waals surface area contributed by atoms with E-state index in [0.717, 1.165) is 0 Å². The van der Waals surface area contributed by atoms with Crippen molar-refractivity contribution in [3.63, 3.8) is 0 Å². The average molecular weight is 284 g/mol. The van der Waals surface area contributed by atoms with Crippen LogP contribution in [0.3, 0.4) is 0 Å². The molecule has 0 amide bonds. The standard InChI is InChI=1S/C15H24O5/c1-7-15(6)10(9-8-16-13(2,3)18-9)17-12-11(15)19-14(4,5)20-12/h7,9-12H,1,8H2,2-6H3/t9-,10-,11+,12-,15-/m1/s1. The summed E-state index contributed by atoms with van der Waals surface area (Å²) in [5, 5.41) is 0. The lowest BCUT2D eigenvalue weighted by Crippen LogP contribution is -2.45. The van der Waals surface area contributed by atoms with Crippen LogP contribution in [0.5, 0.6) is 0 Å². The van der Waals surface area contributed by atoms with Crippen molar-refractivity contribution >= 4 is 0 Å². The third kappa shape index (κ3) is 2.12. The summed E-state index contributed by atoms with van der Waals surface area (Å²) in [6.07, 6.45) is 1.00. The summed E-state index contributed by atoms with van der Waals surface area (Å²) < 4.78 is 29.5. The van der Waals surface area contributed by atoms with Crippen LogP contribution < -0.4 is 0 Å². The van der Waals surface area contributed by atoms with Crippen LogP contribution in [-0.2, 0) is 23.7 Å². The maximum absolute atomic E-state index is 6.08. The lowest BCUT2D eigenvalue weighted by Gasteiger charge is -2.34. The van der Waals surface area contributed by atoms with Gasteiger partial charge in [0.15, 0.2) is 17.9 Å². The molecule has 0 N–H and O–H groups in total. The van der Waals surface area contributed by atoms with Crippen molar-refractivity contribution in [3.8, 4) is 0 Å². The lowest BCUT2D eigenvalue weighted by molar-refractivity contribution is -0.232. The summed E-state index contributed by atoms with van der Waals surface area (Å²) in [4.78, 5) is 0. The second kappa shape index (κ2) is 4.27. The van der Waals surface area contributed by atoms with Crippen LogP contribution in [0, 0.1) is 5.41 Å². The highest BCUT2D eigenvalue weighted by molar-refractivity contribution is 5.12. The Hall–Kier alpha value is -0.460. The van der Waals surface area contributed by atoms with Gasteiger partial charge in [0.2, 0.25) is 0 Å². The van der Waals surface area contributed by atoms with Crippen molar-refractivity contribution in [2.45, 2.75) is 70.8 Å². The van der Waals surface area contributed by atoms with E-state index in [1.165, 1.54) is 0 Å². The van der Waals surface area contributed by atoms with Crippen LogP contribution in [-0.4, -0.2) is 42.8 Å². The van der Waals surface area contributed by atoms with Gasteiger partial charge in [0.05, 0.1) is 6.61 Å². The maximum atomic E-state index is 6.08. The normalized spacial score (nSPS) is 49.2. The van der Waals surface area contributed by atoms with Gasteiger partial charge in [-0.1, -0.05) is 13.0 Å². The fourth-order valence-electron chi connectivity index (χ4n) is 3.29. The van der Waals surface area contributed by atoms with E-state index in [1.54, 1.807) is 0 Å². The summed E-state index contributed by atoms with van der Waals surface area (Å²) >= 11 is 0. The van der Waals surface area contributed by atoms with E-state index in [9.17, 15) is 0 Å². The first-order chi connectivity index (χ1) is 9.17. The van der Waals surface area contributed by atoms with Gasteiger partial charge in [0.1, 0.15) is 18.3 Å². The molecule has 3 heterocycles. The smallest absolute Gasteiger partial charge is 0.188 e. The van der Waals surface area contributed by atoms with Gasteiger partial charge >= 0.3 is 0 Å². The minimum atomic E-state index is -0.628. The zero-order chi connectivity index (χ0) is 14.8. The Kier molecular flexibility index (Phi) is 3.09. The van der Waals surface area contributed by atoms with E-state index < -0.39 is 11.6 Å². The molecule has 0 aliphatic carbocycles. The maximum Gasteiger partial charge on any atom is 0.188 e. The molecule has 0 spiro atoms. The zero-order valence-electron chi connectivity index (χ0n) is 12.8. The molecule has 5 heteroatoms. The van der Waals surface area contributed by atoms with Crippen LogP contribution in [0.15, 0.2) is 12.7 Å². The van der Waals surface area contributed by atoms with Gasteiger partial charge in [-0.05, 0) is 27.7 Å². The quantitative estimate of drug-likeness (QED) is 0.728. The Labute approximate surface area is 120 Å². The minimum Gasteiger partial charge on any atom is -0.348 e. The number of fused-ring (bicyclic) bond motifs is 1.